The zero-order valence-corrected chi connectivity index (χ0v) is 16.7. The van der Waals surface area contributed by atoms with Crippen molar-refractivity contribution in [3.63, 3.8) is 0 Å². The minimum Gasteiger partial charge on any atom is -0.408 e. The van der Waals surface area contributed by atoms with Gasteiger partial charge in [-0.2, -0.15) is 5.10 Å². The van der Waals surface area contributed by atoms with Crippen molar-refractivity contribution in [2.75, 3.05) is 31.1 Å². The van der Waals surface area contributed by atoms with Gasteiger partial charge in [0.25, 0.3) is 5.91 Å². The molecule has 1 aliphatic rings. The summed E-state index contributed by atoms with van der Waals surface area (Å²) in [5.74, 6) is 0.224. The second-order valence-electron chi connectivity index (χ2n) is 7.39. The Labute approximate surface area is 167 Å². The number of amides is 1. The van der Waals surface area contributed by atoms with E-state index in [1.54, 1.807) is 36.1 Å². The molecule has 152 valence electrons. The van der Waals surface area contributed by atoms with Gasteiger partial charge in [-0.05, 0) is 25.1 Å². The molecule has 0 bridgehead atoms. The van der Waals surface area contributed by atoms with Crippen molar-refractivity contribution in [1.29, 1.82) is 0 Å². The Morgan fingerprint density at radius 2 is 1.86 bits per heavy atom. The number of rotatable bonds is 4. The molecule has 0 radical (unpaired) electrons. The number of hydrogen-bond donors (Lipinski definition) is 0. The van der Waals surface area contributed by atoms with Crippen LogP contribution in [0.4, 0.5) is 10.4 Å². The number of aromatic nitrogens is 4. The molecule has 0 atom stereocenters. The van der Waals surface area contributed by atoms with Crippen LogP contribution in [-0.4, -0.2) is 57.0 Å². The molecular weight excluding hydrogens is 375 g/mol. The lowest BCUT2D eigenvalue weighted by atomic mass is 10.2. The fourth-order valence-corrected chi connectivity index (χ4v) is 3.30. The number of aryl methyl sites for hydroxylation is 1. The van der Waals surface area contributed by atoms with Crippen molar-refractivity contribution in [1.82, 2.24) is 24.9 Å². The third-order valence-corrected chi connectivity index (χ3v) is 4.95. The fourth-order valence-electron chi connectivity index (χ4n) is 3.30. The molecule has 0 saturated carbocycles. The highest BCUT2D eigenvalue weighted by Crippen LogP contribution is 2.21. The van der Waals surface area contributed by atoms with Crippen LogP contribution in [0.1, 0.15) is 41.8 Å². The SMILES string of the molecule is Cc1cc(C(=O)N2CCN(c3nnc(C(C)C)o3)CC2)nn1-c1ccccc1F. The second-order valence-corrected chi connectivity index (χ2v) is 7.39. The normalized spacial score (nSPS) is 14.7. The number of nitrogens with zero attached hydrogens (tertiary/aromatic N) is 6. The smallest absolute Gasteiger partial charge is 0.318 e. The van der Waals surface area contributed by atoms with Crippen LogP contribution in [0.3, 0.4) is 0 Å². The molecule has 0 aliphatic carbocycles. The molecule has 0 spiro atoms. The summed E-state index contributed by atoms with van der Waals surface area (Å²) in [7, 11) is 0. The van der Waals surface area contributed by atoms with E-state index in [1.807, 2.05) is 18.7 Å². The Kier molecular flexibility index (Phi) is 5.04. The lowest BCUT2D eigenvalue weighted by Gasteiger charge is -2.33. The first-order valence-electron chi connectivity index (χ1n) is 9.63. The van der Waals surface area contributed by atoms with Crippen LogP contribution in [0.2, 0.25) is 0 Å². The second kappa shape index (κ2) is 7.65. The van der Waals surface area contributed by atoms with E-state index in [1.165, 1.54) is 10.7 Å². The van der Waals surface area contributed by atoms with Gasteiger partial charge in [0.05, 0.1) is 0 Å². The van der Waals surface area contributed by atoms with E-state index < -0.39 is 0 Å². The lowest BCUT2D eigenvalue weighted by Crippen LogP contribution is -2.49. The number of anilines is 1. The minimum atomic E-state index is -0.383. The highest BCUT2D eigenvalue weighted by Gasteiger charge is 2.27. The zero-order valence-electron chi connectivity index (χ0n) is 16.7. The number of para-hydroxylation sites is 1. The average Bonchev–Trinajstić information content (AvgIpc) is 3.35. The monoisotopic (exact) mass is 398 g/mol. The van der Waals surface area contributed by atoms with Crippen LogP contribution in [-0.2, 0) is 0 Å². The molecule has 8 nitrogen and oxygen atoms in total. The van der Waals surface area contributed by atoms with Crippen molar-refractivity contribution < 1.29 is 13.6 Å². The molecule has 1 aromatic carbocycles. The minimum absolute atomic E-state index is 0.170. The molecule has 1 saturated heterocycles. The maximum absolute atomic E-state index is 14.1. The number of carbonyl (C=O) groups excluding carboxylic acids is 1. The van der Waals surface area contributed by atoms with Gasteiger partial charge in [-0.15, -0.1) is 5.10 Å². The van der Waals surface area contributed by atoms with Gasteiger partial charge < -0.3 is 14.2 Å². The Balaban J connectivity index is 1.45. The van der Waals surface area contributed by atoms with Crippen molar-refractivity contribution in [2.24, 2.45) is 0 Å². The zero-order chi connectivity index (χ0) is 20.5. The summed E-state index contributed by atoms with van der Waals surface area (Å²) in [5.41, 5.74) is 1.33. The summed E-state index contributed by atoms with van der Waals surface area (Å²) in [5, 5.41) is 12.5. The van der Waals surface area contributed by atoms with Gasteiger partial charge >= 0.3 is 6.01 Å². The predicted octanol–water partition coefficient (Wildman–Crippen LogP) is 2.79. The molecule has 9 heteroatoms. The van der Waals surface area contributed by atoms with Crippen LogP contribution in [0.15, 0.2) is 34.7 Å². The van der Waals surface area contributed by atoms with Gasteiger partial charge in [0.1, 0.15) is 11.5 Å². The van der Waals surface area contributed by atoms with Gasteiger partial charge in [-0.3, -0.25) is 4.79 Å². The van der Waals surface area contributed by atoms with Crippen molar-refractivity contribution in [2.45, 2.75) is 26.7 Å². The third kappa shape index (κ3) is 3.72. The summed E-state index contributed by atoms with van der Waals surface area (Å²) in [6, 6.07) is 8.55. The number of carbonyl (C=O) groups is 1. The number of benzene rings is 1. The van der Waals surface area contributed by atoms with E-state index in [0.29, 0.717) is 55.2 Å². The summed E-state index contributed by atoms with van der Waals surface area (Å²) in [6.07, 6.45) is 0. The van der Waals surface area contributed by atoms with Crippen LogP contribution < -0.4 is 4.90 Å². The molecule has 3 heterocycles. The maximum Gasteiger partial charge on any atom is 0.318 e. The molecule has 3 aromatic rings. The first-order valence-corrected chi connectivity index (χ1v) is 9.63. The predicted molar refractivity (Wildman–Crippen MR) is 105 cm³/mol. The largest absolute Gasteiger partial charge is 0.408 e. The van der Waals surface area contributed by atoms with E-state index in [4.69, 9.17) is 4.42 Å². The van der Waals surface area contributed by atoms with Crippen molar-refractivity contribution >= 4 is 11.9 Å². The van der Waals surface area contributed by atoms with Crippen LogP contribution in [0.25, 0.3) is 5.69 Å². The lowest BCUT2D eigenvalue weighted by molar-refractivity contribution is 0.0738. The fraction of sp³-hybridized carbons (Fsp3) is 0.400. The third-order valence-electron chi connectivity index (χ3n) is 4.95. The maximum atomic E-state index is 14.1. The highest BCUT2D eigenvalue weighted by atomic mass is 19.1. The van der Waals surface area contributed by atoms with Crippen LogP contribution >= 0.6 is 0 Å². The van der Waals surface area contributed by atoms with Gasteiger partial charge in [0, 0.05) is 37.8 Å². The number of halogens is 1. The molecule has 1 fully saturated rings. The van der Waals surface area contributed by atoms with Crippen LogP contribution in [0.5, 0.6) is 0 Å². The Morgan fingerprint density at radius 3 is 2.52 bits per heavy atom. The molecule has 29 heavy (non-hydrogen) atoms. The Hall–Kier alpha value is -3.23. The van der Waals surface area contributed by atoms with E-state index in [2.05, 4.69) is 15.3 Å². The molecule has 1 amide bonds. The Morgan fingerprint density at radius 1 is 1.14 bits per heavy atom. The first kappa shape index (κ1) is 19.1. The molecule has 1 aliphatic heterocycles. The molecule has 4 rings (SSSR count). The topological polar surface area (TPSA) is 80.3 Å². The van der Waals surface area contributed by atoms with Gasteiger partial charge in [0.15, 0.2) is 5.69 Å². The molecular formula is C20H23FN6O2. The summed E-state index contributed by atoms with van der Waals surface area (Å²) in [6.45, 7) is 8.02. The molecule has 2 aromatic heterocycles. The summed E-state index contributed by atoms with van der Waals surface area (Å²) >= 11 is 0. The first-order chi connectivity index (χ1) is 13.9. The summed E-state index contributed by atoms with van der Waals surface area (Å²) < 4.78 is 21.3. The quantitative estimate of drug-likeness (QED) is 0.672. The van der Waals surface area contributed by atoms with Gasteiger partial charge in [-0.25, -0.2) is 9.07 Å². The van der Waals surface area contributed by atoms with Crippen molar-refractivity contribution in [3.05, 3.63) is 53.4 Å². The molecule has 0 unspecified atom stereocenters. The van der Waals surface area contributed by atoms with E-state index in [0.717, 1.165) is 0 Å². The van der Waals surface area contributed by atoms with Crippen molar-refractivity contribution in [3.8, 4) is 5.69 Å². The number of piperazine rings is 1. The van der Waals surface area contributed by atoms with E-state index >= 15 is 0 Å². The summed E-state index contributed by atoms with van der Waals surface area (Å²) in [4.78, 5) is 16.6. The van der Waals surface area contributed by atoms with E-state index in [-0.39, 0.29) is 17.6 Å². The van der Waals surface area contributed by atoms with Crippen LogP contribution in [0, 0.1) is 12.7 Å². The van der Waals surface area contributed by atoms with E-state index in [9.17, 15) is 9.18 Å². The average molecular weight is 398 g/mol. The molecule has 0 N–H and O–H groups in total. The number of hydrogen-bond acceptors (Lipinski definition) is 6. The standard InChI is InChI=1S/C20H23FN6O2/c1-13(2)18-22-23-20(29-18)26-10-8-25(9-11-26)19(28)16-12-14(3)27(24-16)17-7-5-4-6-15(17)21/h4-7,12-13H,8-11H2,1-3H3. The van der Waals surface area contributed by atoms with Gasteiger partial charge in [0.2, 0.25) is 5.89 Å². The highest BCUT2D eigenvalue weighted by molar-refractivity contribution is 5.92. The van der Waals surface area contributed by atoms with Gasteiger partial charge in [-0.1, -0.05) is 31.1 Å². The Bertz CT molecular complexity index is 1020.